The van der Waals surface area contributed by atoms with Gasteiger partial charge in [-0.2, -0.15) is 0 Å². The topological polar surface area (TPSA) is 55.8 Å². The monoisotopic (exact) mass is 274 g/mol. The molecule has 1 aliphatic heterocycles. The Labute approximate surface area is 118 Å². The highest BCUT2D eigenvalue weighted by Gasteiger charge is 2.53. The van der Waals surface area contributed by atoms with Gasteiger partial charge in [0.2, 0.25) is 0 Å². The maximum Gasteiger partial charge on any atom is 0.343 e. The lowest BCUT2D eigenvalue weighted by atomic mass is 9.93. The number of aryl methyl sites for hydroxylation is 1. The van der Waals surface area contributed by atoms with Crippen LogP contribution in [0, 0.1) is 6.92 Å². The van der Waals surface area contributed by atoms with Crippen molar-refractivity contribution in [3.05, 3.63) is 41.2 Å². The molecule has 1 aromatic carbocycles. The number of aliphatic hydroxyl groups excluding tert-OH is 1. The number of esters is 1. The maximum atomic E-state index is 12.2. The van der Waals surface area contributed by atoms with E-state index >= 15 is 0 Å². The van der Waals surface area contributed by atoms with Crippen LogP contribution in [0.3, 0.4) is 0 Å². The predicted molar refractivity (Wildman–Crippen MR) is 74.2 cm³/mol. The standard InChI is InChI=1S/C16H18O4/c1-10-5-3-4-6-12(10)13-14(17)16(20-15(13)18)8-7-11(9-16)19-2/h3-6,11,17H,7-9H2,1-2H3. The molecule has 0 saturated heterocycles. The quantitative estimate of drug-likeness (QED) is 0.842. The Morgan fingerprint density at radius 1 is 1.40 bits per heavy atom. The summed E-state index contributed by atoms with van der Waals surface area (Å²) in [4.78, 5) is 12.2. The summed E-state index contributed by atoms with van der Waals surface area (Å²) in [5.41, 5.74) is 1.12. The normalized spacial score (nSPS) is 29.3. The number of rotatable bonds is 2. The summed E-state index contributed by atoms with van der Waals surface area (Å²) < 4.78 is 10.9. The van der Waals surface area contributed by atoms with E-state index in [0.717, 1.165) is 17.5 Å². The summed E-state index contributed by atoms with van der Waals surface area (Å²) in [6.07, 6.45) is 1.95. The van der Waals surface area contributed by atoms with Crippen LogP contribution in [-0.2, 0) is 14.3 Å². The molecule has 4 heteroatoms. The molecule has 1 saturated carbocycles. The highest BCUT2D eigenvalue weighted by Crippen LogP contribution is 2.47. The van der Waals surface area contributed by atoms with Crippen LogP contribution in [0.2, 0.25) is 0 Å². The van der Waals surface area contributed by atoms with Gasteiger partial charge >= 0.3 is 5.97 Å². The molecular formula is C16H18O4. The van der Waals surface area contributed by atoms with E-state index in [1.165, 1.54) is 0 Å². The van der Waals surface area contributed by atoms with Gasteiger partial charge in [0.1, 0.15) is 5.57 Å². The van der Waals surface area contributed by atoms with Gasteiger partial charge in [-0.15, -0.1) is 0 Å². The van der Waals surface area contributed by atoms with Crippen LogP contribution in [-0.4, -0.2) is 29.9 Å². The molecule has 2 unspecified atom stereocenters. The lowest BCUT2D eigenvalue weighted by molar-refractivity contribution is -0.146. The molecule has 1 spiro atoms. The predicted octanol–water partition coefficient (Wildman–Crippen LogP) is 2.76. The minimum Gasteiger partial charge on any atom is -0.507 e. The average Bonchev–Trinajstić information content (AvgIpc) is 2.95. The lowest BCUT2D eigenvalue weighted by Crippen LogP contribution is -2.29. The zero-order chi connectivity index (χ0) is 14.3. The van der Waals surface area contributed by atoms with Crippen molar-refractivity contribution in [3.8, 4) is 0 Å². The molecule has 3 rings (SSSR count). The van der Waals surface area contributed by atoms with Gasteiger partial charge in [0.05, 0.1) is 6.10 Å². The van der Waals surface area contributed by atoms with Crippen molar-refractivity contribution in [2.45, 2.75) is 37.9 Å². The number of carbonyl (C=O) groups is 1. The highest BCUT2D eigenvalue weighted by molar-refractivity contribution is 6.20. The molecule has 1 heterocycles. The van der Waals surface area contributed by atoms with Crippen molar-refractivity contribution in [2.75, 3.05) is 7.11 Å². The van der Waals surface area contributed by atoms with Gasteiger partial charge in [-0.25, -0.2) is 4.79 Å². The number of aliphatic hydroxyl groups is 1. The van der Waals surface area contributed by atoms with Crippen molar-refractivity contribution in [1.82, 2.24) is 0 Å². The Hall–Kier alpha value is -1.81. The van der Waals surface area contributed by atoms with E-state index in [1.54, 1.807) is 7.11 Å². The van der Waals surface area contributed by atoms with Crippen molar-refractivity contribution >= 4 is 11.5 Å². The Kier molecular flexibility index (Phi) is 3.05. The molecule has 1 N–H and O–H groups in total. The van der Waals surface area contributed by atoms with Crippen molar-refractivity contribution < 1.29 is 19.4 Å². The average molecular weight is 274 g/mol. The molecule has 0 bridgehead atoms. The van der Waals surface area contributed by atoms with Gasteiger partial charge < -0.3 is 14.6 Å². The summed E-state index contributed by atoms with van der Waals surface area (Å²) in [6.45, 7) is 1.92. The van der Waals surface area contributed by atoms with E-state index in [4.69, 9.17) is 9.47 Å². The number of methoxy groups -OCH3 is 1. The molecule has 1 aromatic rings. The second kappa shape index (κ2) is 4.63. The van der Waals surface area contributed by atoms with Crippen LogP contribution in [0.15, 0.2) is 30.0 Å². The summed E-state index contributed by atoms with van der Waals surface area (Å²) in [5, 5.41) is 10.6. The number of benzene rings is 1. The fourth-order valence-corrected chi connectivity index (χ4v) is 3.17. The van der Waals surface area contributed by atoms with Crippen molar-refractivity contribution in [2.24, 2.45) is 0 Å². The first-order valence-corrected chi connectivity index (χ1v) is 6.83. The third kappa shape index (κ3) is 1.83. The Morgan fingerprint density at radius 2 is 2.15 bits per heavy atom. The van der Waals surface area contributed by atoms with Gasteiger partial charge in [-0.05, 0) is 30.9 Å². The molecule has 1 aliphatic carbocycles. The second-order valence-corrected chi connectivity index (χ2v) is 5.52. The lowest BCUT2D eigenvalue weighted by Gasteiger charge is -2.22. The van der Waals surface area contributed by atoms with E-state index in [2.05, 4.69) is 0 Å². The van der Waals surface area contributed by atoms with E-state index in [1.807, 2.05) is 31.2 Å². The Morgan fingerprint density at radius 3 is 2.80 bits per heavy atom. The summed E-state index contributed by atoms with van der Waals surface area (Å²) >= 11 is 0. The zero-order valence-corrected chi connectivity index (χ0v) is 11.7. The maximum absolute atomic E-state index is 12.2. The van der Waals surface area contributed by atoms with Crippen LogP contribution in [0.25, 0.3) is 5.57 Å². The SMILES string of the molecule is COC1CCC2(C1)OC(=O)C(c1ccccc1C)=C2O. The molecule has 4 nitrogen and oxygen atoms in total. The number of hydrogen-bond donors (Lipinski definition) is 1. The van der Waals surface area contributed by atoms with Crippen LogP contribution in [0.4, 0.5) is 0 Å². The first kappa shape index (κ1) is 13.2. The van der Waals surface area contributed by atoms with Gasteiger partial charge in [-0.1, -0.05) is 24.3 Å². The number of carbonyl (C=O) groups excluding carboxylic acids is 1. The van der Waals surface area contributed by atoms with Crippen LogP contribution < -0.4 is 0 Å². The van der Waals surface area contributed by atoms with Gasteiger partial charge in [0.15, 0.2) is 11.4 Å². The third-order valence-electron chi connectivity index (χ3n) is 4.34. The third-order valence-corrected chi connectivity index (χ3v) is 4.34. The molecule has 2 aliphatic rings. The molecule has 0 aromatic heterocycles. The number of ether oxygens (including phenoxy) is 2. The molecule has 2 atom stereocenters. The van der Waals surface area contributed by atoms with Crippen LogP contribution >= 0.6 is 0 Å². The minimum absolute atomic E-state index is 0.0289. The fourth-order valence-electron chi connectivity index (χ4n) is 3.17. The second-order valence-electron chi connectivity index (χ2n) is 5.52. The summed E-state index contributed by atoms with van der Waals surface area (Å²) in [5.74, 6) is -0.370. The summed E-state index contributed by atoms with van der Waals surface area (Å²) in [7, 11) is 1.64. The minimum atomic E-state index is -0.880. The molecule has 106 valence electrons. The summed E-state index contributed by atoms with van der Waals surface area (Å²) in [6, 6.07) is 7.51. The Bertz CT molecular complexity index is 590. The largest absolute Gasteiger partial charge is 0.507 e. The van der Waals surface area contributed by atoms with Gasteiger partial charge in [0, 0.05) is 13.5 Å². The molecule has 0 amide bonds. The fraction of sp³-hybridized carbons (Fsp3) is 0.438. The number of hydrogen-bond acceptors (Lipinski definition) is 4. The van der Waals surface area contributed by atoms with E-state index in [9.17, 15) is 9.90 Å². The van der Waals surface area contributed by atoms with E-state index < -0.39 is 11.6 Å². The smallest absolute Gasteiger partial charge is 0.343 e. The first-order chi connectivity index (χ1) is 9.57. The van der Waals surface area contributed by atoms with Crippen molar-refractivity contribution in [3.63, 3.8) is 0 Å². The molecule has 20 heavy (non-hydrogen) atoms. The van der Waals surface area contributed by atoms with E-state index in [-0.39, 0.29) is 11.9 Å². The van der Waals surface area contributed by atoms with Crippen LogP contribution in [0.1, 0.15) is 30.4 Å². The Balaban J connectivity index is 2.05. The van der Waals surface area contributed by atoms with E-state index in [0.29, 0.717) is 18.4 Å². The molecular weight excluding hydrogens is 256 g/mol. The highest BCUT2D eigenvalue weighted by atomic mass is 16.6. The van der Waals surface area contributed by atoms with Gasteiger partial charge in [0.25, 0.3) is 0 Å². The van der Waals surface area contributed by atoms with Crippen LogP contribution in [0.5, 0.6) is 0 Å². The van der Waals surface area contributed by atoms with Gasteiger partial charge in [-0.3, -0.25) is 0 Å². The molecule has 1 fully saturated rings. The first-order valence-electron chi connectivity index (χ1n) is 6.83. The molecule has 0 radical (unpaired) electrons. The zero-order valence-electron chi connectivity index (χ0n) is 11.7. The van der Waals surface area contributed by atoms with Crippen molar-refractivity contribution in [1.29, 1.82) is 0 Å².